The van der Waals surface area contributed by atoms with Crippen LogP contribution in [0, 0.1) is 5.92 Å². The highest BCUT2D eigenvalue weighted by molar-refractivity contribution is 6.15. The summed E-state index contributed by atoms with van der Waals surface area (Å²) in [4.78, 5) is 16.8. The molecule has 0 saturated heterocycles. The third kappa shape index (κ3) is 5.16. The standard InChI is InChI=1S/C23H25N3O2/c1-16(2)11-17-7-9-19(10-8-17)22-13-20(15-24-22)23(27)26-25-14-18-5-4-6-21(12-18)28-3/h4-10,12-14,16H,11,15H2,1-3H3,(H,26,27)/b25-14-. The summed E-state index contributed by atoms with van der Waals surface area (Å²) in [6.45, 7) is 4.78. The average molecular weight is 375 g/mol. The van der Waals surface area contributed by atoms with E-state index in [4.69, 9.17) is 4.74 Å². The Morgan fingerprint density at radius 3 is 2.75 bits per heavy atom. The quantitative estimate of drug-likeness (QED) is 0.591. The fraction of sp³-hybridized carbons (Fsp3) is 0.261. The van der Waals surface area contributed by atoms with Crippen LogP contribution in [0.15, 0.2) is 70.3 Å². The van der Waals surface area contributed by atoms with E-state index in [1.54, 1.807) is 13.3 Å². The number of methoxy groups -OCH3 is 1. The number of hydrogen-bond donors (Lipinski definition) is 1. The predicted molar refractivity (Wildman–Crippen MR) is 113 cm³/mol. The van der Waals surface area contributed by atoms with Crippen LogP contribution in [0.3, 0.4) is 0 Å². The van der Waals surface area contributed by atoms with Gasteiger partial charge in [0.1, 0.15) is 5.75 Å². The Morgan fingerprint density at radius 2 is 2.04 bits per heavy atom. The second-order valence-electron chi connectivity index (χ2n) is 7.14. The largest absolute Gasteiger partial charge is 0.497 e. The van der Waals surface area contributed by atoms with Crippen molar-refractivity contribution in [2.45, 2.75) is 20.3 Å². The van der Waals surface area contributed by atoms with Crippen molar-refractivity contribution in [3.8, 4) is 5.75 Å². The first kappa shape index (κ1) is 19.5. The first-order chi connectivity index (χ1) is 13.5. The van der Waals surface area contributed by atoms with Crippen LogP contribution in [0.25, 0.3) is 0 Å². The summed E-state index contributed by atoms with van der Waals surface area (Å²) in [5, 5.41) is 4.03. The van der Waals surface area contributed by atoms with Crippen LogP contribution >= 0.6 is 0 Å². The molecule has 144 valence electrons. The molecule has 2 aromatic rings. The number of rotatable bonds is 7. The summed E-state index contributed by atoms with van der Waals surface area (Å²) in [6.07, 6.45) is 4.47. The molecule has 1 aliphatic rings. The molecule has 3 rings (SSSR count). The normalized spacial score (nSPS) is 13.6. The number of nitrogens with one attached hydrogen (secondary N) is 1. The number of hydrazone groups is 1. The molecular weight excluding hydrogens is 350 g/mol. The lowest BCUT2D eigenvalue weighted by molar-refractivity contribution is -0.117. The molecule has 0 radical (unpaired) electrons. The van der Waals surface area contributed by atoms with E-state index in [1.807, 2.05) is 30.3 Å². The van der Waals surface area contributed by atoms with Gasteiger partial charge in [-0.2, -0.15) is 5.10 Å². The minimum absolute atomic E-state index is 0.241. The van der Waals surface area contributed by atoms with Crippen molar-refractivity contribution in [3.05, 3.63) is 76.9 Å². The van der Waals surface area contributed by atoms with E-state index in [9.17, 15) is 4.79 Å². The molecule has 5 nitrogen and oxygen atoms in total. The third-order valence-electron chi connectivity index (χ3n) is 4.39. The lowest BCUT2D eigenvalue weighted by Gasteiger charge is -2.05. The molecular formula is C23H25N3O2. The van der Waals surface area contributed by atoms with Crippen LogP contribution < -0.4 is 10.2 Å². The van der Waals surface area contributed by atoms with Crippen molar-refractivity contribution in [2.24, 2.45) is 16.0 Å². The lowest BCUT2D eigenvalue weighted by Crippen LogP contribution is -2.20. The molecule has 0 spiro atoms. The van der Waals surface area contributed by atoms with Gasteiger partial charge in [0.2, 0.25) is 0 Å². The Hall–Kier alpha value is -3.21. The van der Waals surface area contributed by atoms with Crippen molar-refractivity contribution in [3.63, 3.8) is 0 Å². The van der Waals surface area contributed by atoms with Crippen molar-refractivity contribution >= 4 is 17.8 Å². The second kappa shape index (κ2) is 9.13. The number of carbonyl (C=O) groups excluding carboxylic acids is 1. The topological polar surface area (TPSA) is 63.0 Å². The molecule has 1 aliphatic heterocycles. The maximum absolute atomic E-state index is 12.3. The Kier molecular flexibility index (Phi) is 6.37. The SMILES string of the molecule is COc1cccc(/C=N\NC(=O)C2=CC(c3ccc(CC(C)C)cc3)=NC2)c1. The number of carbonyl (C=O) groups is 1. The van der Waals surface area contributed by atoms with Gasteiger partial charge in [0.05, 0.1) is 25.6 Å². The van der Waals surface area contributed by atoms with Gasteiger partial charge in [0, 0.05) is 5.57 Å². The van der Waals surface area contributed by atoms with Gasteiger partial charge < -0.3 is 4.74 Å². The van der Waals surface area contributed by atoms with Crippen LogP contribution in [0.5, 0.6) is 5.75 Å². The Balaban J connectivity index is 1.59. The Morgan fingerprint density at radius 1 is 1.25 bits per heavy atom. The fourth-order valence-electron chi connectivity index (χ4n) is 2.98. The van der Waals surface area contributed by atoms with Gasteiger partial charge in [-0.1, -0.05) is 50.2 Å². The summed E-state index contributed by atoms with van der Waals surface area (Å²) in [6, 6.07) is 15.8. The molecule has 0 unspecified atom stereocenters. The van der Waals surface area contributed by atoms with Crippen LogP contribution in [0.4, 0.5) is 0 Å². The second-order valence-corrected chi connectivity index (χ2v) is 7.14. The number of hydrogen-bond acceptors (Lipinski definition) is 4. The first-order valence-corrected chi connectivity index (χ1v) is 9.37. The van der Waals surface area contributed by atoms with Crippen LogP contribution in [0.1, 0.15) is 30.5 Å². The molecule has 0 bridgehead atoms. The monoisotopic (exact) mass is 375 g/mol. The highest BCUT2D eigenvalue weighted by Crippen LogP contribution is 2.15. The number of allylic oxidation sites excluding steroid dienone is 1. The number of benzene rings is 2. The van der Waals surface area contributed by atoms with E-state index < -0.39 is 0 Å². The molecule has 0 aliphatic carbocycles. The first-order valence-electron chi connectivity index (χ1n) is 9.37. The van der Waals surface area contributed by atoms with Crippen LogP contribution in [0.2, 0.25) is 0 Å². The van der Waals surface area contributed by atoms with E-state index in [2.05, 4.69) is 53.6 Å². The van der Waals surface area contributed by atoms with E-state index in [0.717, 1.165) is 29.0 Å². The highest BCUT2D eigenvalue weighted by atomic mass is 16.5. The number of nitrogens with zero attached hydrogens (tertiary/aromatic N) is 2. The molecule has 5 heteroatoms. The van der Waals surface area contributed by atoms with Crippen molar-refractivity contribution in [1.29, 1.82) is 0 Å². The highest BCUT2D eigenvalue weighted by Gasteiger charge is 2.16. The molecule has 28 heavy (non-hydrogen) atoms. The van der Waals surface area contributed by atoms with E-state index in [0.29, 0.717) is 18.0 Å². The molecule has 1 heterocycles. The minimum atomic E-state index is -0.241. The Bertz CT molecular complexity index is 925. The zero-order chi connectivity index (χ0) is 19.9. The van der Waals surface area contributed by atoms with Gasteiger partial charge in [0.25, 0.3) is 5.91 Å². The smallest absolute Gasteiger partial charge is 0.269 e. The van der Waals surface area contributed by atoms with E-state index >= 15 is 0 Å². The van der Waals surface area contributed by atoms with Crippen molar-refractivity contribution < 1.29 is 9.53 Å². The summed E-state index contributed by atoms with van der Waals surface area (Å²) < 4.78 is 5.17. The average Bonchev–Trinajstić information content (AvgIpc) is 3.18. The van der Waals surface area contributed by atoms with Crippen LogP contribution in [-0.4, -0.2) is 31.5 Å². The summed E-state index contributed by atoms with van der Waals surface area (Å²) in [5.74, 6) is 1.13. The number of ether oxygens (including phenoxy) is 1. The number of aliphatic imine (C=N–C) groups is 1. The zero-order valence-corrected chi connectivity index (χ0v) is 16.5. The molecule has 2 aromatic carbocycles. The zero-order valence-electron chi connectivity index (χ0n) is 16.5. The van der Waals surface area contributed by atoms with Gasteiger partial charge in [-0.25, -0.2) is 5.43 Å². The molecule has 1 amide bonds. The Labute approximate surface area is 165 Å². The molecule has 0 fully saturated rings. The molecule has 0 aromatic heterocycles. The van der Waals surface area contributed by atoms with Crippen molar-refractivity contribution in [2.75, 3.05) is 13.7 Å². The molecule has 0 atom stereocenters. The van der Waals surface area contributed by atoms with Crippen molar-refractivity contribution in [1.82, 2.24) is 5.43 Å². The summed E-state index contributed by atoms with van der Waals surface area (Å²) in [7, 11) is 1.61. The maximum Gasteiger partial charge on any atom is 0.269 e. The summed E-state index contributed by atoms with van der Waals surface area (Å²) >= 11 is 0. The molecule has 0 saturated carbocycles. The van der Waals surface area contributed by atoms with Crippen LogP contribution in [-0.2, 0) is 11.2 Å². The van der Waals surface area contributed by atoms with Gasteiger partial charge in [-0.15, -0.1) is 0 Å². The van der Waals surface area contributed by atoms with Gasteiger partial charge in [0.15, 0.2) is 0 Å². The van der Waals surface area contributed by atoms with Gasteiger partial charge in [-0.3, -0.25) is 9.79 Å². The maximum atomic E-state index is 12.3. The molecule has 1 N–H and O–H groups in total. The lowest BCUT2D eigenvalue weighted by atomic mass is 10.0. The predicted octanol–water partition coefficient (Wildman–Crippen LogP) is 3.77. The van der Waals surface area contributed by atoms with E-state index in [1.165, 1.54) is 5.56 Å². The summed E-state index contributed by atoms with van der Waals surface area (Å²) in [5.41, 5.74) is 7.17. The third-order valence-corrected chi connectivity index (χ3v) is 4.39. The van der Waals surface area contributed by atoms with E-state index in [-0.39, 0.29) is 5.91 Å². The fourth-order valence-corrected chi connectivity index (χ4v) is 2.98. The van der Waals surface area contributed by atoms with Gasteiger partial charge >= 0.3 is 0 Å². The van der Waals surface area contributed by atoms with Gasteiger partial charge in [-0.05, 0) is 47.2 Å². The minimum Gasteiger partial charge on any atom is -0.497 e. The number of amides is 1.